The van der Waals surface area contributed by atoms with Gasteiger partial charge in [-0.1, -0.05) is 30.3 Å². The monoisotopic (exact) mass is 380 g/mol. The first-order valence-corrected chi connectivity index (χ1v) is 10.4. The largest absolute Gasteiger partial charge is 0.377 e. The molecular weight excluding hydrogens is 348 g/mol. The van der Waals surface area contributed by atoms with Crippen LogP contribution >= 0.6 is 0 Å². The molecule has 2 saturated heterocycles. The van der Waals surface area contributed by atoms with E-state index >= 15 is 0 Å². The second-order valence-corrected chi connectivity index (χ2v) is 8.73. The van der Waals surface area contributed by atoms with Gasteiger partial charge in [-0.2, -0.15) is 0 Å². The van der Waals surface area contributed by atoms with Crippen molar-refractivity contribution in [1.82, 2.24) is 19.8 Å². The Hall–Kier alpha value is -1.82. The molecule has 0 bridgehead atoms. The van der Waals surface area contributed by atoms with Crippen molar-refractivity contribution < 1.29 is 4.74 Å². The van der Waals surface area contributed by atoms with Crippen LogP contribution in [0.5, 0.6) is 0 Å². The summed E-state index contributed by atoms with van der Waals surface area (Å²) in [6.07, 6.45) is 7.79. The molecule has 2 fully saturated rings. The normalized spacial score (nSPS) is 23.1. The highest BCUT2D eigenvalue weighted by atomic mass is 16.5. The van der Waals surface area contributed by atoms with Gasteiger partial charge in [-0.25, -0.2) is 9.97 Å². The smallest absolute Gasteiger partial charge is 0.153 e. The van der Waals surface area contributed by atoms with Gasteiger partial charge in [0.15, 0.2) is 5.82 Å². The number of nitrogens with zero attached hydrogens (tertiary/aromatic N) is 4. The molecule has 28 heavy (non-hydrogen) atoms. The van der Waals surface area contributed by atoms with Crippen molar-refractivity contribution in [2.45, 2.75) is 38.3 Å². The van der Waals surface area contributed by atoms with E-state index < -0.39 is 0 Å². The van der Waals surface area contributed by atoms with Crippen LogP contribution in [0.4, 0.5) is 0 Å². The van der Waals surface area contributed by atoms with Gasteiger partial charge >= 0.3 is 0 Å². The molecule has 3 heterocycles. The van der Waals surface area contributed by atoms with Gasteiger partial charge in [-0.15, -0.1) is 0 Å². The third kappa shape index (κ3) is 4.59. The first kappa shape index (κ1) is 19.5. The standard InChI is InChI=1S/C23H32N4O/c1-26-16-21(20-6-4-3-5-7-20)12-23(18-26)8-10-27(11-9-23)15-19-13-24-22(17-28-2)25-14-19/h3-7,13-14,21H,8-12,15-18H2,1-2H3/t21-/m1/s1. The Morgan fingerprint density at radius 2 is 1.82 bits per heavy atom. The number of hydrogen-bond acceptors (Lipinski definition) is 5. The molecule has 4 rings (SSSR count). The van der Waals surface area contributed by atoms with Crippen molar-refractivity contribution in [3.8, 4) is 0 Å². The van der Waals surface area contributed by atoms with Gasteiger partial charge in [0.1, 0.15) is 6.61 Å². The molecule has 0 saturated carbocycles. The fourth-order valence-corrected chi connectivity index (χ4v) is 5.09. The first-order chi connectivity index (χ1) is 13.7. The summed E-state index contributed by atoms with van der Waals surface area (Å²) in [6.45, 7) is 6.16. The predicted octanol–water partition coefficient (Wildman–Crippen LogP) is 3.32. The summed E-state index contributed by atoms with van der Waals surface area (Å²) in [5.41, 5.74) is 3.16. The molecule has 0 radical (unpaired) electrons. The van der Waals surface area contributed by atoms with Crippen molar-refractivity contribution in [2.75, 3.05) is 40.3 Å². The molecule has 2 aliphatic rings. The fourth-order valence-electron chi connectivity index (χ4n) is 5.09. The molecule has 5 heteroatoms. The molecule has 5 nitrogen and oxygen atoms in total. The second-order valence-electron chi connectivity index (χ2n) is 8.73. The lowest BCUT2D eigenvalue weighted by molar-refractivity contribution is 0.0218. The second kappa shape index (κ2) is 8.68. The van der Waals surface area contributed by atoms with Crippen molar-refractivity contribution in [1.29, 1.82) is 0 Å². The lowest BCUT2D eigenvalue weighted by atomic mass is 9.68. The van der Waals surface area contributed by atoms with Crippen LogP contribution in [0.3, 0.4) is 0 Å². The molecular formula is C23H32N4O. The topological polar surface area (TPSA) is 41.5 Å². The number of likely N-dealkylation sites (tertiary alicyclic amines) is 2. The lowest BCUT2D eigenvalue weighted by Gasteiger charge is -2.49. The van der Waals surface area contributed by atoms with Crippen LogP contribution < -0.4 is 0 Å². The van der Waals surface area contributed by atoms with Gasteiger partial charge in [0.05, 0.1) is 0 Å². The molecule has 150 valence electrons. The maximum Gasteiger partial charge on any atom is 0.153 e. The molecule has 0 N–H and O–H groups in total. The first-order valence-electron chi connectivity index (χ1n) is 10.4. The van der Waals surface area contributed by atoms with Gasteiger partial charge in [0.2, 0.25) is 0 Å². The maximum atomic E-state index is 5.09. The summed E-state index contributed by atoms with van der Waals surface area (Å²) < 4.78 is 5.09. The summed E-state index contributed by atoms with van der Waals surface area (Å²) in [5, 5.41) is 0. The minimum absolute atomic E-state index is 0.461. The molecule has 1 aromatic carbocycles. The predicted molar refractivity (Wildman–Crippen MR) is 111 cm³/mol. The zero-order chi connectivity index (χ0) is 19.4. The van der Waals surface area contributed by atoms with E-state index in [-0.39, 0.29) is 0 Å². The third-order valence-corrected chi connectivity index (χ3v) is 6.44. The molecule has 2 aromatic rings. The van der Waals surface area contributed by atoms with Gasteiger partial charge in [0.25, 0.3) is 0 Å². The van der Waals surface area contributed by atoms with E-state index in [1.807, 2.05) is 12.4 Å². The van der Waals surface area contributed by atoms with Crippen LogP contribution in [0.1, 0.15) is 42.1 Å². The van der Waals surface area contributed by atoms with Gasteiger partial charge < -0.3 is 9.64 Å². The number of rotatable bonds is 5. The van der Waals surface area contributed by atoms with Crippen molar-refractivity contribution in [2.24, 2.45) is 5.41 Å². The number of ether oxygens (including phenoxy) is 1. The van der Waals surface area contributed by atoms with E-state index in [9.17, 15) is 0 Å². The SMILES string of the molecule is COCc1ncc(CN2CCC3(CC2)C[C@@H](c2ccccc2)CN(C)C3)cn1. The van der Waals surface area contributed by atoms with Crippen LogP contribution in [0, 0.1) is 5.41 Å². The molecule has 1 aromatic heterocycles. The highest BCUT2D eigenvalue weighted by molar-refractivity contribution is 5.21. The third-order valence-electron chi connectivity index (χ3n) is 6.44. The minimum atomic E-state index is 0.461. The highest BCUT2D eigenvalue weighted by Gasteiger charge is 2.41. The van der Waals surface area contributed by atoms with Crippen LogP contribution in [-0.4, -0.2) is 60.1 Å². The number of aromatic nitrogens is 2. The summed E-state index contributed by atoms with van der Waals surface area (Å²) in [5.74, 6) is 1.41. The van der Waals surface area contributed by atoms with Crippen molar-refractivity contribution >= 4 is 0 Å². The van der Waals surface area contributed by atoms with Crippen LogP contribution in [0.15, 0.2) is 42.7 Å². The molecule has 0 amide bonds. The fraction of sp³-hybridized carbons (Fsp3) is 0.565. The Morgan fingerprint density at radius 1 is 1.11 bits per heavy atom. The van der Waals surface area contributed by atoms with Crippen molar-refractivity contribution in [3.05, 3.63) is 59.7 Å². The van der Waals surface area contributed by atoms with Crippen LogP contribution in [0.25, 0.3) is 0 Å². The van der Waals surface area contributed by atoms with E-state index in [1.54, 1.807) is 7.11 Å². The molecule has 1 atom stereocenters. The Bertz CT molecular complexity index is 741. The number of benzene rings is 1. The van der Waals surface area contributed by atoms with E-state index in [2.05, 4.69) is 57.1 Å². The number of hydrogen-bond donors (Lipinski definition) is 0. The Labute approximate surface area is 168 Å². The number of methoxy groups -OCH3 is 1. The Balaban J connectivity index is 1.35. The number of piperidine rings is 2. The minimum Gasteiger partial charge on any atom is -0.377 e. The van der Waals surface area contributed by atoms with Gasteiger partial charge in [0, 0.05) is 44.7 Å². The molecule has 1 spiro atoms. The Morgan fingerprint density at radius 3 is 2.50 bits per heavy atom. The summed E-state index contributed by atoms with van der Waals surface area (Å²) in [6, 6.07) is 11.1. The average molecular weight is 381 g/mol. The quantitative estimate of drug-likeness (QED) is 0.796. The zero-order valence-electron chi connectivity index (χ0n) is 17.2. The van der Waals surface area contributed by atoms with E-state index in [1.165, 1.54) is 43.5 Å². The van der Waals surface area contributed by atoms with Crippen LogP contribution in [0.2, 0.25) is 0 Å². The maximum absolute atomic E-state index is 5.09. The number of likely N-dealkylation sites (N-methyl/N-ethyl adjacent to an activating group) is 1. The molecule has 0 unspecified atom stereocenters. The molecule has 0 aliphatic carbocycles. The molecule has 2 aliphatic heterocycles. The summed E-state index contributed by atoms with van der Waals surface area (Å²) in [7, 11) is 3.97. The van der Waals surface area contributed by atoms with E-state index in [0.717, 1.165) is 25.5 Å². The highest BCUT2D eigenvalue weighted by Crippen LogP contribution is 2.44. The summed E-state index contributed by atoms with van der Waals surface area (Å²) in [4.78, 5) is 13.9. The van der Waals surface area contributed by atoms with Gasteiger partial charge in [-0.3, -0.25) is 4.90 Å². The Kier molecular flexibility index (Phi) is 6.04. The zero-order valence-corrected chi connectivity index (χ0v) is 17.2. The van der Waals surface area contributed by atoms with Crippen LogP contribution in [-0.2, 0) is 17.9 Å². The van der Waals surface area contributed by atoms with E-state index in [4.69, 9.17) is 4.74 Å². The average Bonchev–Trinajstić information content (AvgIpc) is 2.72. The summed E-state index contributed by atoms with van der Waals surface area (Å²) >= 11 is 0. The van der Waals surface area contributed by atoms with E-state index in [0.29, 0.717) is 17.9 Å². The van der Waals surface area contributed by atoms with Gasteiger partial charge in [-0.05, 0) is 56.3 Å². The van der Waals surface area contributed by atoms with Crippen molar-refractivity contribution in [3.63, 3.8) is 0 Å². The lowest BCUT2D eigenvalue weighted by Crippen LogP contribution is -2.50.